The zero-order chi connectivity index (χ0) is 13.0. The molecule has 4 nitrogen and oxygen atoms in total. The Balaban J connectivity index is 1.73. The molecule has 0 aromatic heterocycles. The summed E-state index contributed by atoms with van der Waals surface area (Å²) in [5, 5.41) is 0. The molecule has 0 atom stereocenters. The zero-order valence-corrected chi connectivity index (χ0v) is 11.3. The van der Waals surface area contributed by atoms with Crippen molar-refractivity contribution in [2.75, 3.05) is 32.7 Å². The van der Waals surface area contributed by atoms with E-state index in [1.165, 1.54) is 0 Å². The number of nitrogens with zero attached hydrogens (tertiary/aromatic N) is 2. The topological polar surface area (TPSA) is 40.6 Å². The van der Waals surface area contributed by atoms with Crippen LogP contribution < -0.4 is 0 Å². The second-order valence-corrected chi connectivity index (χ2v) is 5.81. The Kier molecular flexibility index (Phi) is 4.75. The van der Waals surface area contributed by atoms with Gasteiger partial charge in [0, 0.05) is 19.0 Å². The first-order chi connectivity index (χ1) is 8.69. The maximum atomic E-state index is 12.1. The van der Waals surface area contributed by atoms with Gasteiger partial charge in [0.05, 0.1) is 6.54 Å². The van der Waals surface area contributed by atoms with Gasteiger partial charge in [-0.05, 0) is 44.7 Å². The fraction of sp³-hybridized carbons (Fsp3) is 0.857. The van der Waals surface area contributed by atoms with Crippen molar-refractivity contribution in [3.8, 4) is 0 Å². The Morgan fingerprint density at radius 1 is 1.11 bits per heavy atom. The quantitative estimate of drug-likeness (QED) is 0.708. The van der Waals surface area contributed by atoms with Gasteiger partial charge in [-0.2, -0.15) is 0 Å². The summed E-state index contributed by atoms with van der Waals surface area (Å²) in [5.41, 5.74) is 0. The molecule has 2 fully saturated rings. The molecule has 2 aliphatic rings. The van der Waals surface area contributed by atoms with Crippen LogP contribution in [0, 0.1) is 11.8 Å². The Hall–Kier alpha value is -0.900. The summed E-state index contributed by atoms with van der Waals surface area (Å²) < 4.78 is 0. The lowest BCUT2D eigenvalue weighted by atomic mass is 9.98. The van der Waals surface area contributed by atoms with E-state index in [0.29, 0.717) is 6.54 Å². The molecule has 2 saturated heterocycles. The third kappa shape index (κ3) is 3.55. The fourth-order valence-electron chi connectivity index (χ4n) is 2.80. The first-order valence-electron chi connectivity index (χ1n) is 7.14. The van der Waals surface area contributed by atoms with Crippen molar-refractivity contribution >= 4 is 12.2 Å². The van der Waals surface area contributed by atoms with Crippen molar-refractivity contribution in [1.29, 1.82) is 0 Å². The van der Waals surface area contributed by atoms with Crippen LogP contribution in [0.25, 0.3) is 0 Å². The molecule has 0 radical (unpaired) electrons. The number of amides is 1. The fourth-order valence-corrected chi connectivity index (χ4v) is 2.80. The lowest BCUT2D eigenvalue weighted by Gasteiger charge is -2.34. The maximum absolute atomic E-state index is 12.1. The SMILES string of the molecule is CC1CCN(C(=O)CN2CCC(C=O)CC2)CC1. The molecule has 0 aromatic carbocycles. The molecule has 18 heavy (non-hydrogen) atoms. The summed E-state index contributed by atoms with van der Waals surface area (Å²) in [6.45, 7) is 6.42. The average molecular weight is 252 g/mol. The van der Waals surface area contributed by atoms with Gasteiger partial charge >= 0.3 is 0 Å². The zero-order valence-electron chi connectivity index (χ0n) is 11.3. The molecule has 2 aliphatic heterocycles. The molecule has 0 spiro atoms. The van der Waals surface area contributed by atoms with Crippen molar-refractivity contribution in [2.24, 2.45) is 11.8 Å². The third-order valence-corrected chi connectivity index (χ3v) is 4.32. The monoisotopic (exact) mass is 252 g/mol. The summed E-state index contributed by atoms with van der Waals surface area (Å²) >= 11 is 0. The summed E-state index contributed by atoms with van der Waals surface area (Å²) in [6, 6.07) is 0. The second-order valence-electron chi connectivity index (χ2n) is 5.81. The predicted octanol–water partition coefficient (Wildman–Crippen LogP) is 1.16. The molecule has 0 aliphatic carbocycles. The number of aldehydes is 1. The van der Waals surface area contributed by atoms with E-state index in [2.05, 4.69) is 11.8 Å². The summed E-state index contributed by atoms with van der Waals surface area (Å²) in [5.74, 6) is 1.25. The maximum Gasteiger partial charge on any atom is 0.236 e. The van der Waals surface area contributed by atoms with E-state index in [-0.39, 0.29) is 11.8 Å². The molecule has 4 heteroatoms. The molecule has 102 valence electrons. The largest absolute Gasteiger partial charge is 0.342 e. The smallest absolute Gasteiger partial charge is 0.236 e. The minimum Gasteiger partial charge on any atom is -0.342 e. The minimum atomic E-state index is 0.215. The molecule has 0 N–H and O–H groups in total. The van der Waals surface area contributed by atoms with Crippen LogP contribution in [0.2, 0.25) is 0 Å². The Morgan fingerprint density at radius 3 is 2.28 bits per heavy atom. The highest BCUT2D eigenvalue weighted by atomic mass is 16.2. The van der Waals surface area contributed by atoms with Crippen LogP contribution in [0.5, 0.6) is 0 Å². The highest BCUT2D eigenvalue weighted by molar-refractivity contribution is 5.78. The molecule has 0 saturated carbocycles. The van der Waals surface area contributed by atoms with Gasteiger partial charge in [-0.3, -0.25) is 9.69 Å². The molecular formula is C14H24N2O2. The predicted molar refractivity (Wildman–Crippen MR) is 70.2 cm³/mol. The minimum absolute atomic E-state index is 0.215. The highest BCUT2D eigenvalue weighted by Crippen LogP contribution is 2.18. The van der Waals surface area contributed by atoms with Gasteiger partial charge in [-0.15, -0.1) is 0 Å². The van der Waals surface area contributed by atoms with Crippen LogP contribution in [0.4, 0.5) is 0 Å². The number of likely N-dealkylation sites (tertiary alicyclic amines) is 2. The van der Waals surface area contributed by atoms with Gasteiger partial charge in [0.2, 0.25) is 5.91 Å². The third-order valence-electron chi connectivity index (χ3n) is 4.32. The van der Waals surface area contributed by atoms with Gasteiger partial charge in [0.1, 0.15) is 6.29 Å². The van der Waals surface area contributed by atoms with Crippen LogP contribution in [-0.2, 0) is 9.59 Å². The number of piperidine rings is 2. The van der Waals surface area contributed by atoms with Crippen molar-refractivity contribution in [2.45, 2.75) is 32.6 Å². The van der Waals surface area contributed by atoms with E-state index >= 15 is 0 Å². The Bertz CT molecular complexity index is 290. The van der Waals surface area contributed by atoms with Gasteiger partial charge < -0.3 is 9.69 Å². The molecule has 0 aromatic rings. The molecule has 0 unspecified atom stereocenters. The van der Waals surface area contributed by atoms with Crippen LogP contribution in [0.1, 0.15) is 32.6 Å². The van der Waals surface area contributed by atoms with Crippen molar-refractivity contribution in [3.05, 3.63) is 0 Å². The number of carbonyl (C=O) groups is 2. The van der Waals surface area contributed by atoms with Crippen LogP contribution in [0.15, 0.2) is 0 Å². The van der Waals surface area contributed by atoms with E-state index in [9.17, 15) is 9.59 Å². The van der Waals surface area contributed by atoms with Gasteiger partial charge in [-0.25, -0.2) is 0 Å². The normalized spacial score (nSPS) is 24.2. The van der Waals surface area contributed by atoms with Crippen LogP contribution >= 0.6 is 0 Å². The lowest BCUT2D eigenvalue weighted by Crippen LogP contribution is -2.46. The molecular weight excluding hydrogens is 228 g/mol. The van der Waals surface area contributed by atoms with E-state index in [1.807, 2.05) is 4.90 Å². The number of rotatable bonds is 3. The second kappa shape index (κ2) is 6.32. The van der Waals surface area contributed by atoms with E-state index in [4.69, 9.17) is 0 Å². The van der Waals surface area contributed by atoms with E-state index in [0.717, 1.165) is 64.1 Å². The first-order valence-corrected chi connectivity index (χ1v) is 7.14. The van der Waals surface area contributed by atoms with Gasteiger partial charge in [0.15, 0.2) is 0 Å². The lowest BCUT2D eigenvalue weighted by molar-refractivity contribution is -0.134. The molecule has 2 heterocycles. The van der Waals surface area contributed by atoms with Crippen LogP contribution in [-0.4, -0.2) is 54.7 Å². The van der Waals surface area contributed by atoms with Crippen molar-refractivity contribution in [3.63, 3.8) is 0 Å². The molecule has 2 rings (SSSR count). The first kappa shape index (κ1) is 13.5. The summed E-state index contributed by atoms with van der Waals surface area (Å²) in [4.78, 5) is 27.0. The van der Waals surface area contributed by atoms with Crippen LogP contribution in [0.3, 0.4) is 0 Å². The number of carbonyl (C=O) groups excluding carboxylic acids is 2. The molecule has 1 amide bonds. The van der Waals surface area contributed by atoms with Gasteiger partial charge in [0.25, 0.3) is 0 Å². The number of hydrogen-bond donors (Lipinski definition) is 0. The Labute approximate surface area is 109 Å². The van der Waals surface area contributed by atoms with E-state index < -0.39 is 0 Å². The molecule has 0 bridgehead atoms. The number of hydrogen-bond acceptors (Lipinski definition) is 3. The van der Waals surface area contributed by atoms with Crippen molar-refractivity contribution in [1.82, 2.24) is 9.80 Å². The average Bonchev–Trinajstić information content (AvgIpc) is 2.40. The highest BCUT2D eigenvalue weighted by Gasteiger charge is 2.24. The summed E-state index contributed by atoms with van der Waals surface area (Å²) in [7, 11) is 0. The Morgan fingerprint density at radius 2 is 1.72 bits per heavy atom. The van der Waals surface area contributed by atoms with E-state index in [1.54, 1.807) is 0 Å². The standard InChI is InChI=1S/C14H24N2O2/c1-12-2-8-16(9-3-12)14(18)10-15-6-4-13(11-17)5-7-15/h11-13H,2-10H2,1H3. The van der Waals surface area contributed by atoms with Crippen molar-refractivity contribution < 1.29 is 9.59 Å². The van der Waals surface area contributed by atoms with Gasteiger partial charge in [-0.1, -0.05) is 6.92 Å². The summed E-state index contributed by atoms with van der Waals surface area (Å²) in [6.07, 6.45) is 5.16.